The van der Waals surface area contributed by atoms with Crippen molar-refractivity contribution >= 4 is 12.0 Å². The summed E-state index contributed by atoms with van der Waals surface area (Å²) in [7, 11) is 1.78. The summed E-state index contributed by atoms with van der Waals surface area (Å²) >= 11 is 0. The Morgan fingerprint density at radius 2 is 2.30 bits per heavy atom. The van der Waals surface area contributed by atoms with Gasteiger partial charge in [0, 0.05) is 26.6 Å². The van der Waals surface area contributed by atoms with Crippen LogP contribution in [0.5, 0.6) is 0 Å². The fourth-order valence-corrected chi connectivity index (χ4v) is 2.43. The van der Waals surface area contributed by atoms with E-state index < -0.39 is 12.0 Å². The van der Waals surface area contributed by atoms with E-state index in [9.17, 15) is 9.59 Å². The van der Waals surface area contributed by atoms with Gasteiger partial charge in [-0.1, -0.05) is 6.92 Å². The molecule has 1 fully saturated rings. The predicted octanol–water partition coefficient (Wildman–Crippen LogP) is -0.138. The topological polar surface area (TPSA) is 100 Å². The van der Waals surface area contributed by atoms with Crippen molar-refractivity contribution in [1.29, 1.82) is 0 Å². The van der Waals surface area contributed by atoms with Crippen LogP contribution >= 0.6 is 0 Å². The molecule has 2 unspecified atom stereocenters. The van der Waals surface area contributed by atoms with Crippen LogP contribution in [-0.2, 0) is 18.3 Å². The summed E-state index contributed by atoms with van der Waals surface area (Å²) in [6, 6.07) is -1.07. The number of nitrogens with one attached hydrogen (secondary N) is 1. The number of likely N-dealkylation sites (tertiary alicyclic amines) is 1. The molecule has 2 amide bonds. The minimum Gasteiger partial charge on any atom is -0.480 e. The van der Waals surface area contributed by atoms with Crippen molar-refractivity contribution in [2.24, 2.45) is 13.0 Å². The highest BCUT2D eigenvalue weighted by molar-refractivity contribution is 5.83. The lowest BCUT2D eigenvalue weighted by atomic mass is 10.0. The highest BCUT2D eigenvalue weighted by atomic mass is 16.4. The highest BCUT2D eigenvalue weighted by Gasteiger charge is 2.39. The summed E-state index contributed by atoms with van der Waals surface area (Å²) in [5, 5.41) is 16.0. The summed E-state index contributed by atoms with van der Waals surface area (Å²) in [5.41, 5.74) is 0. The van der Waals surface area contributed by atoms with Crippen LogP contribution in [0, 0.1) is 5.92 Å². The van der Waals surface area contributed by atoms with Gasteiger partial charge in [0.25, 0.3) is 0 Å². The van der Waals surface area contributed by atoms with E-state index in [-0.39, 0.29) is 11.9 Å². The second kappa shape index (κ2) is 5.89. The molecule has 20 heavy (non-hydrogen) atoms. The Labute approximate surface area is 116 Å². The molecule has 0 aromatic carbocycles. The van der Waals surface area contributed by atoms with Crippen LogP contribution < -0.4 is 5.32 Å². The van der Waals surface area contributed by atoms with Crippen molar-refractivity contribution in [3.05, 3.63) is 12.2 Å². The zero-order valence-corrected chi connectivity index (χ0v) is 11.6. The van der Waals surface area contributed by atoms with Crippen LogP contribution in [0.4, 0.5) is 4.79 Å². The first-order valence-corrected chi connectivity index (χ1v) is 6.61. The Morgan fingerprint density at radius 3 is 2.90 bits per heavy atom. The van der Waals surface area contributed by atoms with Crippen LogP contribution in [-0.4, -0.2) is 55.9 Å². The van der Waals surface area contributed by atoms with Crippen molar-refractivity contribution in [3.63, 3.8) is 0 Å². The molecule has 8 nitrogen and oxygen atoms in total. The third-order valence-corrected chi connectivity index (χ3v) is 3.49. The van der Waals surface area contributed by atoms with Crippen LogP contribution in [0.2, 0.25) is 0 Å². The minimum absolute atomic E-state index is 0.0179. The van der Waals surface area contributed by atoms with Crippen LogP contribution in [0.1, 0.15) is 19.2 Å². The lowest BCUT2D eigenvalue weighted by molar-refractivity contribution is -0.142. The molecule has 0 radical (unpaired) electrons. The van der Waals surface area contributed by atoms with Gasteiger partial charge in [-0.05, 0) is 12.3 Å². The van der Waals surface area contributed by atoms with E-state index >= 15 is 0 Å². The van der Waals surface area contributed by atoms with Crippen LogP contribution in [0.25, 0.3) is 0 Å². The van der Waals surface area contributed by atoms with E-state index in [2.05, 4.69) is 15.4 Å². The van der Waals surface area contributed by atoms with Gasteiger partial charge in [-0.2, -0.15) is 5.10 Å². The average Bonchev–Trinajstić information content (AvgIpc) is 2.95. The van der Waals surface area contributed by atoms with Gasteiger partial charge in [0.2, 0.25) is 0 Å². The summed E-state index contributed by atoms with van der Waals surface area (Å²) in [6.07, 6.45) is 2.83. The highest BCUT2D eigenvalue weighted by Crippen LogP contribution is 2.23. The van der Waals surface area contributed by atoms with E-state index in [4.69, 9.17) is 5.11 Å². The van der Waals surface area contributed by atoms with Gasteiger partial charge in [-0.3, -0.25) is 4.68 Å². The van der Waals surface area contributed by atoms with E-state index in [1.165, 1.54) is 4.90 Å². The molecule has 1 aliphatic rings. The van der Waals surface area contributed by atoms with Crippen molar-refractivity contribution < 1.29 is 14.7 Å². The molecule has 110 valence electrons. The fourth-order valence-electron chi connectivity index (χ4n) is 2.43. The number of hydrogen-bond donors (Lipinski definition) is 2. The third-order valence-electron chi connectivity index (χ3n) is 3.49. The van der Waals surface area contributed by atoms with E-state index in [1.54, 1.807) is 18.1 Å². The number of carboxylic acid groups (broad SMARTS) is 1. The molecule has 0 saturated carbocycles. The maximum absolute atomic E-state index is 12.0. The van der Waals surface area contributed by atoms with Crippen molar-refractivity contribution in [3.8, 4) is 0 Å². The molecule has 1 aromatic heterocycles. The minimum atomic E-state index is -0.948. The molecule has 1 aliphatic heterocycles. The average molecular weight is 281 g/mol. The van der Waals surface area contributed by atoms with Crippen molar-refractivity contribution in [2.75, 3.05) is 13.1 Å². The lowest BCUT2D eigenvalue weighted by Gasteiger charge is -2.23. The number of nitrogens with zero attached hydrogens (tertiary/aromatic N) is 4. The first-order chi connectivity index (χ1) is 9.49. The Hall–Kier alpha value is -2.12. The van der Waals surface area contributed by atoms with Gasteiger partial charge in [0.05, 0.1) is 0 Å². The van der Waals surface area contributed by atoms with Crippen LogP contribution in [0.3, 0.4) is 0 Å². The number of amides is 2. The molecular weight excluding hydrogens is 262 g/mol. The number of carbonyl (C=O) groups excluding carboxylic acids is 1. The lowest BCUT2D eigenvalue weighted by Crippen LogP contribution is -2.48. The van der Waals surface area contributed by atoms with E-state index in [1.807, 2.05) is 6.92 Å². The Kier molecular flexibility index (Phi) is 4.21. The SMILES string of the molecule is CC1CCN(C(=O)NCCc2ncn(C)n2)C1C(=O)O. The normalized spacial score (nSPS) is 22.0. The molecule has 2 rings (SSSR count). The number of urea groups is 1. The molecule has 2 heterocycles. The smallest absolute Gasteiger partial charge is 0.326 e. The fraction of sp³-hybridized carbons (Fsp3) is 0.667. The molecule has 1 saturated heterocycles. The standard InChI is InChI=1S/C12H19N5O3/c1-8-4-6-17(10(8)11(18)19)12(20)13-5-3-9-14-7-16(2)15-9/h7-8,10H,3-6H2,1-2H3,(H,13,20)(H,18,19). The molecule has 0 bridgehead atoms. The third kappa shape index (κ3) is 3.06. The van der Waals surface area contributed by atoms with Gasteiger partial charge >= 0.3 is 12.0 Å². The Morgan fingerprint density at radius 1 is 1.55 bits per heavy atom. The monoisotopic (exact) mass is 281 g/mol. The van der Waals surface area contributed by atoms with Gasteiger partial charge in [0.15, 0.2) is 5.82 Å². The summed E-state index contributed by atoms with van der Waals surface area (Å²) < 4.78 is 1.60. The Balaban J connectivity index is 1.84. The largest absolute Gasteiger partial charge is 0.480 e. The number of aryl methyl sites for hydroxylation is 1. The quantitative estimate of drug-likeness (QED) is 0.800. The number of aliphatic carboxylic acids is 1. The molecule has 8 heteroatoms. The summed E-state index contributed by atoms with van der Waals surface area (Å²) in [4.78, 5) is 28.6. The number of carbonyl (C=O) groups is 2. The zero-order valence-electron chi connectivity index (χ0n) is 11.6. The zero-order chi connectivity index (χ0) is 14.7. The second-order valence-electron chi connectivity index (χ2n) is 5.06. The number of aromatic nitrogens is 3. The van der Waals surface area contributed by atoms with Crippen LogP contribution in [0.15, 0.2) is 6.33 Å². The molecular formula is C12H19N5O3. The predicted molar refractivity (Wildman–Crippen MR) is 70.0 cm³/mol. The van der Waals surface area contributed by atoms with Crippen molar-refractivity contribution in [2.45, 2.75) is 25.8 Å². The summed E-state index contributed by atoms with van der Waals surface area (Å²) in [5.74, 6) is -0.315. The first-order valence-electron chi connectivity index (χ1n) is 6.61. The van der Waals surface area contributed by atoms with Gasteiger partial charge in [0.1, 0.15) is 12.4 Å². The maximum atomic E-state index is 12.0. The first kappa shape index (κ1) is 14.3. The molecule has 0 spiro atoms. The number of carboxylic acids is 1. The van der Waals surface area contributed by atoms with E-state index in [0.29, 0.717) is 31.8 Å². The van der Waals surface area contributed by atoms with E-state index in [0.717, 1.165) is 0 Å². The van der Waals surface area contributed by atoms with Gasteiger partial charge in [-0.15, -0.1) is 0 Å². The number of rotatable bonds is 4. The Bertz CT molecular complexity index is 501. The molecule has 1 aromatic rings. The second-order valence-corrected chi connectivity index (χ2v) is 5.06. The summed E-state index contributed by atoms with van der Waals surface area (Å²) in [6.45, 7) is 2.72. The maximum Gasteiger partial charge on any atom is 0.326 e. The molecule has 2 N–H and O–H groups in total. The molecule has 2 atom stereocenters. The van der Waals surface area contributed by atoms with Gasteiger partial charge < -0.3 is 15.3 Å². The molecule has 0 aliphatic carbocycles. The van der Waals surface area contributed by atoms with Crippen molar-refractivity contribution in [1.82, 2.24) is 25.0 Å². The van der Waals surface area contributed by atoms with Gasteiger partial charge in [-0.25, -0.2) is 14.6 Å². The number of hydrogen-bond acceptors (Lipinski definition) is 4.